The zero-order chi connectivity index (χ0) is 11.5. The second kappa shape index (κ2) is 4.94. The Balaban J connectivity index is 2.90. The average Bonchev–Trinajstić information content (AvgIpc) is 2.19. The molecule has 1 rings (SSSR count). The molecule has 0 radical (unpaired) electrons. The van der Waals surface area contributed by atoms with Gasteiger partial charge in [-0.05, 0) is 26.4 Å². The lowest BCUT2D eigenvalue weighted by molar-refractivity contribution is -0.162. The molecule has 0 amide bonds. The van der Waals surface area contributed by atoms with Crippen LogP contribution in [0.25, 0.3) is 0 Å². The van der Waals surface area contributed by atoms with Crippen molar-refractivity contribution >= 4 is 5.97 Å². The lowest BCUT2D eigenvalue weighted by atomic mass is 9.85. The first-order valence-corrected chi connectivity index (χ1v) is 5.67. The molecule has 4 nitrogen and oxygen atoms in total. The van der Waals surface area contributed by atoms with Gasteiger partial charge in [0.25, 0.3) is 0 Å². The Kier molecular flexibility index (Phi) is 4.11. The van der Waals surface area contributed by atoms with Crippen LogP contribution in [0.1, 0.15) is 33.6 Å². The predicted molar refractivity (Wildman–Crippen MR) is 57.9 cm³/mol. The number of ether oxygens (including phenoxy) is 1. The number of likely N-dealkylation sites (N-methyl/N-ethyl adjacent to an activating group) is 1. The van der Waals surface area contributed by atoms with Crippen LogP contribution < -0.4 is 0 Å². The van der Waals surface area contributed by atoms with E-state index >= 15 is 0 Å². The predicted octanol–water partition coefficient (Wildman–Crippen LogP) is 1.35. The van der Waals surface area contributed by atoms with Gasteiger partial charge in [-0.3, -0.25) is 9.69 Å². The van der Waals surface area contributed by atoms with Gasteiger partial charge in [0, 0.05) is 13.0 Å². The molecule has 0 saturated carbocycles. The Morgan fingerprint density at radius 3 is 2.53 bits per heavy atom. The summed E-state index contributed by atoms with van der Waals surface area (Å²) in [6.07, 6.45) is 1.22. The highest BCUT2D eigenvalue weighted by Gasteiger charge is 2.46. The zero-order valence-electron chi connectivity index (χ0n) is 9.82. The molecule has 0 aromatic rings. The molecule has 2 atom stereocenters. The van der Waals surface area contributed by atoms with E-state index in [2.05, 4.69) is 0 Å². The van der Waals surface area contributed by atoms with E-state index in [0.29, 0.717) is 19.4 Å². The van der Waals surface area contributed by atoms with Crippen molar-refractivity contribution in [2.24, 2.45) is 0 Å². The molecule has 0 aromatic heterocycles. The Bertz CT molecular complexity index is 228. The van der Waals surface area contributed by atoms with Gasteiger partial charge in [-0.15, -0.1) is 0 Å². The summed E-state index contributed by atoms with van der Waals surface area (Å²) in [5.41, 5.74) is -0.707. The summed E-state index contributed by atoms with van der Waals surface area (Å²) in [4.78, 5) is 13.5. The monoisotopic (exact) mass is 215 g/mol. The van der Waals surface area contributed by atoms with Crippen LogP contribution in [0.4, 0.5) is 0 Å². The lowest BCUT2D eigenvalue weighted by Crippen LogP contribution is -2.58. The fraction of sp³-hybridized carbons (Fsp3) is 0.909. The van der Waals surface area contributed by atoms with Crippen LogP contribution in [-0.2, 0) is 9.53 Å². The molecule has 1 aliphatic rings. The summed E-state index contributed by atoms with van der Waals surface area (Å²) in [6.45, 7) is 8.05. The molecule has 2 unspecified atom stereocenters. The number of aliphatic carboxylic acids is 1. The van der Waals surface area contributed by atoms with Crippen molar-refractivity contribution in [2.75, 3.05) is 19.7 Å². The van der Waals surface area contributed by atoms with Crippen molar-refractivity contribution in [2.45, 2.75) is 45.3 Å². The maximum absolute atomic E-state index is 11.5. The van der Waals surface area contributed by atoms with Crippen LogP contribution in [0.3, 0.4) is 0 Å². The van der Waals surface area contributed by atoms with Crippen molar-refractivity contribution in [1.29, 1.82) is 0 Å². The highest BCUT2D eigenvalue weighted by molar-refractivity contribution is 5.79. The lowest BCUT2D eigenvalue weighted by Gasteiger charge is -2.44. The zero-order valence-corrected chi connectivity index (χ0v) is 9.82. The molecule has 1 fully saturated rings. The van der Waals surface area contributed by atoms with E-state index in [-0.39, 0.29) is 6.10 Å². The fourth-order valence-electron chi connectivity index (χ4n) is 2.51. The van der Waals surface area contributed by atoms with Crippen LogP contribution in [-0.4, -0.2) is 47.3 Å². The number of nitrogens with zero attached hydrogens (tertiary/aromatic N) is 1. The quantitative estimate of drug-likeness (QED) is 0.769. The number of carbonyl (C=O) groups is 1. The Morgan fingerprint density at radius 1 is 1.53 bits per heavy atom. The summed E-state index contributed by atoms with van der Waals surface area (Å²) < 4.78 is 5.43. The van der Waals surface area contributed by atoms with E-state index in [1.807, 2.05) is 25.7 Å². The van der Waals surface area contributed by atoms with Crippen LogP contribution in [0.5, 0.6) is 0 Å². The molecule has 15 heavy (non-hydrogen) atoms. The van der Waals surface area contributed by atoms with E-state index in [4.69, 9.17) is 4.74 Å². The highest BCUT2D eigenvalue weighted by Crippen LogP contribution is 2.31. The first-order valence-electron chi connectivity index (χ1n) is 5.67. The maximum Gasteiger partial charge on any atom is 0.324 e. The Morgan fingerprint density at radius 2 is 2.13 bits per heavy atom. The van der Waals surface area contributed by atoms with Crippen LogP contribution in [0.2, 0.25) is 0 Å². The maximum atomic E-state index is 11.5. The fourth-order valence-corrected chi connectivity index (χ4v) is 2.51. The van der Waals surface area contributed by atoms with Gasteiger partial charge in [-0.25, -0.2) is 0 Å². The van der Waals surface area contributed by atoms with Gasteiger partial charge in [-0.1, -0.05) is 13.8 Å². The normalized spacial score (nSPS) is 31.9. The number of hydrogen-bond acceptors (Lipinski definition) is 3. The second-order valence-corrected chi connectivity index (χ2v) is 4.14. The van der Waals surface area contributed by atoms with E-state index in [1.54, 1.807) is 0 Å². The number of rotatable bonds is 4. The SMILES string of the molecule is CCN(CC)C1(C(=O)O)CCOC(C)C1. The topological polar surface area (TPSA) is 49.8 Å². The molecule has 1 N–H and O–H groups in total. The molecule has 4 heteroatoms. The van der Waals surface area contributed by atoms with Gasteiger partial charge in [0.1, 0.15) is 5.54 Å². The van der Waals surface area contributed by atoms with Crippen molar-refractivity contribution in [3.05, 3.63) is 0 Å². The van der Waals surface area contributed by atoms with E-state index in [0.717, 1.165) is 13.1 Å². The molecule has 1 heterocycles. The summed E-state index contributed by atoms with van der Waals surface area (Å²) in [5.74, 6) is -0.707. The summed E-state index contributed by atoms with van der Waals surface area (Å²) in [6, 6.07) is 0. The molecule has 1 saturated heterocycles. The van der Waals surface area contributed by atoms with Crippen molar-refractivity contribution < 1.29 is 14.6 Å². The molecule has 88 valence electrons. The van der Waals surface area contributed by atoms with Gasteiger partial charge in [0.05, 0.1) is 6.10 Å². The first-order chi connectivity index (χ1) is 7.06. The van der Waals surface area contributed by atoms with E-state index in [1.165, 1.54) is 0 Å². The molecular formula is C11H21NO3. The van der Waals surface area contributed by atoms with E-state index < -0.39 is 11.5 Å². The van der Waals surface area contributed by atoms with Crippen molar-refractivity contribution in [3.63, 3.8) is 0 Å². The minimum Gasteiger partial charge on any atom is -0.480 e. The first kappa shape index (κ1) is 12.5. The Hall–Kier alpha value is -0.610. The molecule has 0 aliphatic carbocycles. The number of carboxylic acid groups (broad SMARTS) is 1. The molecule has 1 aliphatic heterocycles. The average molecular weight is 215 g/mol. The van der Waals surface area contributed by atoms with Gasteiger partial charge in [0.15, 0.2) is 0 Å². The van der Waals surface area contributed by atoms with Crippen LogP contribution >= 0.6 is 0 Å². The molecule has 0 spiro atoms. The summed E-state index contributed by atoms with van der Waals surface area (Å²) in [5, 5.41) is 9.44. The minimum atomic E-state index is -0.707. The number of hydrogen-bond donors (Lipinski definition) is 1. The minimum absolute atomic E-state index is 0.0375. The summed E-state index contributed by atoms with van der Waals surface area (Å²) >= 11 is 0. The van der Waals surface area contributed by atoms with Gasteiger partial charge in [-0.2, -0.15) is 0 Å². The van der Waals surface area contributed by atoms with Crippen molar-refractivity contribution in [3.8, 4) is 0 Å². The van der Waals surface area contributed by atoms with Gasteiger partial charge < -0.3 is 9.84 Å². The third-order valence-electron chi connectivity index (χ3n) is 3.31. The van der Waals surface area contributed by atoms with Crippen LogP contribution in [0.15, 0.2) is 0 Å². The molecule has 0 aromatic carbocycles. The molecular weight excluding hydrogens is 194 g/mol. The van der Waals surface area contributed by atoms with Crippen molar-refractivity contribution in [1.82, 2.24) is 4.90 Å². The van der Waals surface area contributed by atoms with Gasteiger partial charge >= 0.3 is 5.97 Å². The smallest absolute Gasteiger partial charge is 0.324 e. The highest BCUT2D eigenvalue weighted by atomic mass is 16.5. The Labute approximate surface area is 91.2 Å². The van der Waals surface area contributed by atoms with Gasteiger partial charge in [0.2, 0.25) is 0 Å². The number of carboxylic acids is 1. The van der Waals surface area contributed by atoms with E-state index in [9.17, 15) is 9.90 Å². The summed E-state index contributed by atoms with van der Waals surface area (Å²) in [7, 11) is 0. The molecule has 0 bridgehead atoms. The third-order valence-corrected chi connectivity index (χ3v) is 3.31. The third kappa shape index (κ3) is 2.32. The van der Waals surface area contributed by atoms with Crippen LogP contribution in [0, 0.1) is 0 Å². The largest absolute Gasteiger partial charge is 0.480 e. The second-order valence-electron chi connectivity index (χ2n) is 4.14. The standard InChI is InChI=1S/C11H21NO3/c1-4-12(5-2)11(10(13)14)6-7-15-9(3)8-11/h9H,4-8H2,1-3H3,(H,13,14).